The lowest BCUT2D eigenvalue weighted by atomic mass is 10.2. The van der Waals surface area contributed by atoms with E-state index in [0.717, 1.165) is 25.7 Å². The molecule has 1 aliphatic heterocycles. The number of carbonyl (C=O) groups is 2. The van der Waals surface area contributed by atoms with Gasteiger partial charge in [-0.2, -0.15) is 4.31 Å². The highest BCUT2D eigenvalue weighted by Crippen LogP contribution is 2.28. The molecule has 7 nitrogen and oxygen atoms in total. The largest absolute Gasteiger partial charge is 0.465 e. The molecule has 1 aromatic carbocycles. The first kappa shape index (κ1) is 21.7. The molecule has 0 aromatic heterocycles. The van der Waals surface area contributed by atoms with Crippen LogP contribution in [-0.4, -0.2) is 62.8 Å². The van der Waals surface area contributed by atoms with E-state index in [1.165, 1.54) is 34.5 Å². The van der Waals surface area contributed by atoms with Gasteiger partial charge in [0.25, 0.3) is 5.91 Å². The first-order valence-electron chi connectivity index (χ1n) is 8.98. The molecule has 1 aliphatic rings. The minimum absolute atomic E-state index is 0.0730. The minimum Gasteiger partial charge on any atom is -0.465 e. The molecule has 150 valence electrons. The first-order chi connectivity index (χ1) is 12.8. The molecular weight excluding hydrogens is 392 g/mol. The Hall–Kier alpha value is -1.64. The molecule has 0 radical (unpaired) electrons. The summed E-state index contributed by atoms with van der Waals surface area (Å²) >= 11 is 6.15. The van der Waals surface area contributed by atoms with E-state index in [-0.39, 0.29) is 28.6 Å². The second-order valence-corrected chi connectivity index (χ2v) is 8.74. The molecule has 2 rings (SSSR count). The Morgan fingerprint density at radius 1 is 1.19 bits per heavy atom. The lowest BCUT2D eigenvalue weighted by Crippen LogP contribution is -2.34. The van der Waals surface area contributed by atoms with Crippen LogP contribution in [0.3, 0.4) is 0 Å². The topological polar surface area (TPSA) is 84.0 Å². The summed E-state index contributed by atoms with van der Waals surface area (Å²) in [4.78, 5) is 25.2. The Bertz CT molecular complexity index is 789. The van der Waals surface area contributed by atoms with Crippen molar-refractivity contribution in [1.29, 1.82) is 0 Å². The van der Waals surface area contributed by atoms with Crippen LogP contribution in [0.5, 0.6) is 0 Å². The maximum Gasteiger partial charge on any atom is 0.325 e. The van der Waals surface area contributed by atoms with Gasteiger partial charge in [-0.05, 0) is 38.0 Å². The zero-order valence-electron chi connectivity index (χ0n) is 15.6. The third-order valence-electron chi connectivity index (χ3n) is 4.38. The number of benzene rings is 1. The lowest BCUT2D eigenvalue weighted by Gasteiger charge is -2.21. The quantitative estimate of drug-likeness (QED) is 0.665. The average molecular weight is 417 g/mol. The highest BCUT2D eigenvalue weighted by molar-refractivity contribution is 7.89. The smallest absolute Gasteiger partial charge is 0.325 e. The highest BCUT2D eigenvalue weighted by atomic mass is 35.5. The summed E-state index contributed by atoms with van der Waals surface area (Å²) in [5.41, 5.74) is 0.152. The van der Waals surface area contributed by atoms with Crippen LogP contribution >= 0.6 is 11.6 Å². The summed E-state index contributed by atoms with van der Waals surface area (Å²) in [6.45, 7) is 2.57. The van der Waals surface area contributed by atoms with Crippen LogP contribution in [0, 0.1) is 0 Å². The van der Waals surface area contributed by atoms with Crippen molar-refractivity contribution in [3.05, 3.63) is 28.8 Å². The molecule has 0 saturated carbocycles. The summed E-state index contributed by atoms with van der Waals surface area (Å²) in [5.74, 6) is -1.01. The van der Waals surface area contributed by atoms with Crippen molar-refractivity contribution < 1.29 is 22.7 Å². The number of esters is 1. The average Bonchev–Trinajstić information content (AvgIpc) is 2.91. The summed E-state index contributed by atoms with van der Waals surface area (Å²) in [5, 5.41) is 0.0730. The van der Waals surface area contributed by atoms with Crippen LogP contribution in [0.25, 0.3) is 0 Å². The molecule has 1 heterocycles. The van der Waals surface area contributed by atoms with Crippen molar-refractivity contribution in [3.63, 3.8) is 0 Å². The molecule has 27 heavy (non-hydrogen) atoms. The lowest BCUT2D eigenvalue weighted by molar-refractivity contribution is -0.143. The Morgan fingerprint density at radius 2 is 1.81 bits per heavy atom. The normalized spacial score (nSPS) is 15.8. The van der Waals surface area contributed by atoms with Crippen molar-refractivity contribution in [2.24, 2.45) is 0 Å². The zero-order chi connectivity index (χ0) is 20.0. The van der Waals surface area contributed by atoms with Crippen LogP contribution in [0.15, 0.2) is 23.1 Å². The van der Waals surface area contributed by atoms with Gasteiger partial charge >= 0.3 is 5.97 Å². The number of rotatable bonds is 6. The van der Waals surface area contributed by atoms with Gasteiger partial charge in [0.15, 0.2) is 0 Å². The Balaban J connectivity index is 2.27. The van der Waals surface area contributed by atoms with Gasteiger partial charge in [0, 0.05) is 25.7 Å². The van der Waals surface area contributed by atoms with E-state index in [4.69, 9.17) is 16.3 Å². The molecule has 9 heteroatoms. The van der Waals surface area contributed by atoms with E-state index in [0.29, 0.717) is 13.1 Å². The molecule has 0 aliphatic carbocycles. The number of carbonyl (C=O) groups excluding carboxylic acids is 2. The van der Waals surface area contributed by atoms with E-state index in [1.54, 1.807) is 6.92 Å². The zero-order valence-corrected chi connectivity index (χ0v) is 17.2. The van der Waals surface area contributed by atoms with E-state index in [2.05, 4.69) is 0 Å². The molecule has 1 saturated heterocycles. The van der Waals surface area contributed by atoms with Gasteiger partial charge in [-0.15, -0.1) is 0 Å². The Kier molecular flexibility index (Phi) is 7.64. The predicted molar refractivity (Wildman–Crippen MR) is 102 cm³/mol. The fourth-order valence-corrected chi connectivity index (χ4v) is 4.97. The molecule has 1 aromatic rings. The third kappa shape index (κ3) is 5.43. The first-order valence-corrected chi connectivity index (χ1v) is 10.8. The summed E-state index contributed by atoms with van der Waals surface area (Å²) in [6, 6.07) is 4.14. The predicted octanol–water partition coefficient (Wildman–Crippen LogP) is 2.54. The number of amides is 1. The standard InChI is InChI=1S/C18H25ClN2O5S/c1-3-26-17(22)13-20(2)18(23)14-8-9-15(19)16(12-14)27(24,25)21-10-6-4-5-7-11-21/h8-9,12H,3-7,10-11,13H2,1-2H3. The van der Waals surface area contributed by atoms with Crippen molar-refractivity contribution in [1.82, 2.24) is 9.21 Å². The fourth-order valence-electron chi connectivity index (χ4n) is 2.95. The molecule has 1 amide bonds. The molecular formula is C18H25ClN2O5S. The van der Waals surface area contributed by atoms with Crippen molar-refractivity contribution in [2.75, 3.05) is 33.3 Å². The van der Waals surface area contributed by atoms with E-state index in [1.807, 2.05) is 0 Å². The molecule has 0 N–H and O–H groups in total. The summed E-state index contributed by atoms with van der Waals surface area (Å²) < 4.78 is 32.3. The minimum atomic E-state index is -3.79. The maximum atomic E-state index is 13.0. The number of hydrogen-bond donors (Lipinski definition) is 0. The number of likely N-dealkylation sites (N-methyl/N-ethyl adjacent to an activating group) is 1. The van der Waals surface area contributed by atoms with E-state index >= 15 is 0 Å². The number of nitrogens with zero attached hydrogens (tertiary/aromatic N) is 2. The van der Waals surface area contributed by atoms with Crippen LogP contribution in [-0.2, 0) is 19.6 Å². The second kappa shape index (κ2) is 9.52. The maximum absolute atomic E-state index is 13.0. The van der Waals surface area contributed by atoms with Crippen LogP contribution < -0.4 is 0 Å². The van der Waals surface area contributed by atoms with Gasteiger partial charge in [-0.3, -0.25) is 9.59 Å². The highest BCUT2D eigenvalue weighted by Gasteiger charge is 2.28. The third-order valence-corrected chi connectivity index (χ3v) is 6.76. The van der Waals surface area contributed by atoms with Crippen LogP contribution in [0.4, 0.5) is 0 Å². The van der Waals surface area contributed by atoms with Crippen LogP contribution in [0.2, 0.25) is 5.02 Å². The molecule has 0 atom stereocenters. The summed E-state index contributed by atoms with van der Waals surface area (Å²) in [7, 11) is -2.34. The molecule has 0 bridgehead atoms. The van der Waals surface area contributed by atoms with Gasteiger partial charge < -0.3 is 9.64 Å². The second-order valence-electron chi connectivity index (χ2n) is 6.43. The molecule has 0 unspecified atom stereocenters. The molecule has 1 fully saturated rings. The van der Waals surface area contributed by atoms with Gasteiger partial charge in [0.2, 0.25) is 10.0 Å². The monoisotopic (exact) mass is 416 g/mol. The van der Waals surface area contributed by atoms with Crippen molar-refractivity contribution in [2.45, 2.75) is 37.5 Å². The van der Waals surface area contributed by atoms with Crippen molar-refractivity contribution >= 4 is 33.5 Å². The summed E-state index contributed by atoms with van der Waals surface area (Å²) in [6.07, 6.45) is 3.60. The van der Waals surface area contributed by atoms with Crippen LogP contribution in [0.1, 0.15) is 43.0 Å². The Labute approximate surface area is 165 Å². The Morgan fingerprint density at radius 3 is 2.41 bits per heavy atom. The van der Waals surface area contributed by atoms with E-state index < -0.39 is 21.9 Å². The SMILES string of the molecule is CCOC(=O)CN(C)C(=O)c1ccc(Cl)c(S(=O)(=O)N2CCCCCC2)c1. The fraction of sp³-hybridized carbons (Fsp3) is 0.556. The number of sulfonamides is 1. The number of hydrogen-bond acceptors (Lipinski definition) is 5. The van der Waals surface area contributed by atoms with Gasteiger partial charge in [-0.25, -0.2) is 8.42 Å². The number of halogens is 1. The number of ether oxygens (including phenoxy) is 1. The van der Waals surface area contributed by atoms with Gasteiger partial charge in [0.05, 0.1) is 11.6 Å². The van der Waals surface area contributed by atoms with Gasteiger partial charge in [-0.1, -0.05) is 24.4 Å². The van der Waals surface area contributed by atoms with E-state index in [9.17, 15) is 18.0 Å². The van der Waals surface area contributed by atoms with Gasteiger partial charge in [0.1, 0.15) is 11.4 Å². The molecule has 0 spiro atoms. The van der Waals surface area contributed by atoms with Crippen molar-refractivity contribution in [3.8, 4) is 0 Å².